The smallest absolute Gasteiger partial charge is 0.144 e. The zero-order chi connectivity index (χ0) is 6.97. The molecule has 2 N–H and O–H groups in total. The summed E-state index contributed by atoms with van der Waals surface area (Å²) in [5.74, 6) is 0.954. The van der Waals surface area contributed by atoms with Gasteiger partial charge < -0.3 is 5.43 Å². The zero-order valence-electron chi connectivity index (χ0n) is 5.76. The minimum Gasteiger partial charge on any atom is -0.305 e. The summed E-state index contributed by atoms with van der Waals surface area (Å²) in [6.07, 6.45) is 1.78. The van der Waals surface area contributed by atoms with Crippen molar-refractivity contribution in [2.24, 2.45) is 0 Å². The normalized spacial score (nSPS) is 21.9. The van der Waals surface area contributed by atoms with Gasteiger partial charge in [0.2, 0.25) is 0 Å². The van der Waals surface area contributed by atoms with E-state index < -0.39 is 0 Å². The van der Waals surface area contributed by atoms with Crippen LogP contribution >= 0.6 is 0 Å². The number of hydrogen-bond donors (Lipinski definition) is 2. The third-order valence-electron chi connectivity index (χ3n) is 1.71. The summed E-state index contributed by atoms with van der Waals surface area (Å²) in [5, 5.41) is 0. The highest BCUT2D eigenvalue weighted by Gasteiger charge is 2.16. The Bertz CT molecular complexity index is 246. The largest absolute Gasteiger partial charge is 0.305 e. The molecule has 1 aromatic heterocycles. The monoisotopic (exact) mass is 135 g/mol. The van der Waals surface area contributed by atoms with Crippen molar-refractivity contribution in [3.8, 4) is 0 Å². The van der Waals surface area contributed by atoms with Crippen molar-refractivity contribution >= 4 is 5.82 Å². The lowest BCUT2D eigenvalue weighted by Gasteiger charge is -1.98. The third kappa shape index (κ3) is 0.675. The highest BCUT2D eigenvalue weighted by molar-refractivity contribution is 5.48. The first-order valence-corrected chi connectivity index (χ1v) is 3.34. The van der Waals surface area contributed by atoms with Gasteiger partial charge in [-0.2, -0.15) is 0 Å². The van der Waals surface area contributed by atoms with Crippen molar-refractivity contribution in [1.29, 1.82) is 0 Å². The van der Waals surface area contributed by atoms with Crippen molar-refractivity contribution in [3.05, 3.63) is 23.9 Å². The van der Waals surface area contributed by atoms with Crippen molar-refractivity contribution < 1.29 is 0 Å². The van der Waals surface area contributed by atoms with Gasteiger partial charge >= 0.3 is 0 Å². The molecule has 10 heavy (non-hydrogen) atoms. The van der Waals surface area contributed by atoms with Gasteiger partial charge in [0.1, 0.15) is 5.82 Å². The van der Waals surface area contributed by atoms with Gasteiger partial charge in [0.15, 0.2) is 0 Å². The fraction of sp³-hybridized carbons (Fsp3) is 0.286. The minimum atomic E-state index is 0.378. The molecule has 0 amide bonds. The predicted molar refractivity (Wildman–Crippen MR) is 39.4 cm³/mol. The number of nitrogens with zero attached hydrogens (tertiary/aromatic N) is 1. The SMILES string of the molecule is CC1NNc2ncccc21. The first-order valence-electron chi connectivity index (χ1n) is 3.34. The van der Waals surface area contributed by atoms with Crippen LogP contribution in [0.5, 0.6) is 0 Å². The fourth-order valence-corrected chi connectivity index (χ4v) is 1.13. The predicted octanol–water partition coefficient (Wildman–Crippen LogP) is 1.07. The highest BCUT2D eigenvalue weighted by Crippen LogP contribution is 2.23. The van der Waals surface area contributed by atoms with Gasteiger partial charge in [-0.25, -0.2) is 10.4 Å². The van der Waals surface area contributed by atoms with Crippen LogP contribution in [0, 0.1) is 0 Å². The quantitative estimate of drug-likeness (QED) is 0.558. The second-order valence-corrected chi connectivity index (χ2v) is 2.43. The van der Waals surface area contributed by atoms with Gasteiger partial charge in [0, 0.05) is 11.8 Å². The number of anilines is 1. The average Bonchev–Trinajstić information content (AvgIpc) is 2.34. The van der Waals surface area contributed by atoms with E-state index in [0.29, 0.717) is 6.04 Å². The van der Waals surface area contributed by atoms with Crippen molar-refractivity contribution in [3.63, 3.8) is 0 Å². The molecule has 1 aliphatic rings. The van der Waals surface area contributed by atoms with Crippen LogP contribution in [0.3, 0.4) is 0 Å². The number of hydrazine groups is 1. The molecule has 52 valence electrons. The van der Waals surface area contributed by atoms with Crippen LogP contribution in [0.4, 0.5) is 5.82 Å². The van der Waals surface area contributed by atoms with E-state index in [1.165, 1.54) is 5.56 Å². The van der Waals surface area contributed by atoms with E-state index in [9.17, 15) is 0 Å². The van der Waals surface area contributed by atoms with Crippen LogP contribution in [0.25, 0.3) is 0 Å². The van der Waals surface area contributed by atoms with Gasteiger partial charge in [-0.1, -0.05) is 6.07 Å². The van der Waals surface area contributed by atoms with Crippen molar-refractivity contribution in [1.82, 2.24) is 10.4 Å². The molecule has 1 aliphatic heterocycles. The minimum absolute atomic E-state index is 0.378. The second-order valence-electron chi connectivity index (χ2n) is 2.43. The zero-order valence-corrected chi connectivity index (χ0v) is 5.76. The maximum Gasteiger partial charge on any atom is 0.144 e. The average molecular weight is 135 g/mol. The lowest BCUT2D eigenvalue weighted by atomic mass is 10.1. The molecule has 2 rings (SSSR count). The van der Waals surface area contributed by atoms with Crippen LogP contribution in [0.1, 0.15) is 18.5 Å². The number of rotatable bonds is 0. The molecule has 0 saturated carbocycles. The third-order valence-corrected chi connectivity index (χ3v) is 1.71. The molecule has 0 aromatic carbocycles. The molecule has 3 heteroatoms. The number of nitrogens with one attached hydrogen (secondary N) is 2. The molecule has 0 aliphatic carbocycles. The van der Waals surface area contributed by atoms with E-state index in [2.05, 4.69) is 28.8 Å². The van der Waals surface area contributed by atoms with Gasteiger partial charge in [-0.05, 0) is 13.0 Å². The summed E-state index contributed by atoms with van der Waals surface area (Å²) < 4.78 is 0. The Kier molecular flexibility index (Phi) is 1.11. The summed E-state index contributed by atoms with van der Waals surface area (Å²) in [6.45, 7) is 2.10. The van der Waals surface area contributed by atoms with Gasteiger partial charge in [-0.3, -0.25) is 0 Å². The topological polar surface area (TPSA) is 37.0 Å². The van der Waals surface area contributed by atoms with Gasteiger partial charge in [0.05, 0.1) is 6.04 Å². The van der Waals surface area contributed by atoms with E-state index in [4.69, 9.17) is 0 Å². The van der Waals surface area contributed by atoms with Crippen LogP contribution in [0.2, 0.25) is 0 Å². The molecule has 3 nitrogen and oxygen atoms in total. The molecule has 1 unspecified atom stereocenters. The summed E-state index contributed by atoms with van der Waals surface area (Å²) in [4.78, 5) is 4.14. The Balaban J connectivity index is 2.51. The molecule has 2 heterocycles. The Morgan fingerprint density at radius 3 is 3.30 bits per heavy atom. The van der Waals surface area contributed by atoms with Crippen LogP contribution in [-0.4, -0.2) is 4.98 Å². The van der Waals surface area contributed by atoms with E-state index in [-0.39, 0.29) is 0 Å². The maximum atomic E-state index is 4.14. The summed E-state index contributed by atoms with van der Waals surface area (Å²) >= 11 is 0. The highest BCUT2D eigenvalue weighted by atomic mass is 15.4. The lowest BCUT2D eigenvalue weighted by molar-refractivity contribution is 0.687. The Morgan fingerprint density at radius 1 is 1.60 bits per heavy atom. The molecule has 0 bridgehead atoms. The van der Waals surface area contributed by atoms with Crippen LogP contribution in [-0.2, 0) is 0 Å². The Morgan fingerprint density at radius 2 is 2.50 bits per heavy atom. The second kappa shape index (κ2) is 1.95. The van der Waals surface area contributed by atoms with Crippen LogP contribution in [0.15, 0.2) is 18.3 Å². The lowest BCUT2D eigenvalue weighted by Crippen LogP contribution is -2.15. The van der Waals surface area contributed by atoms with E-state index in [1.807, 2.05) is 6.07 Å². The van der Waals surface area contributed by atoms with E-state index in [0.717, 1.165) is 5.82 Å². The Hall–Kier alpha value is -1.09. The molecule has 1 atom stereocenters. The van der Waals surface area contributed by atoms with Crippen molar-refractivity contribution in [2.75, 3.05) is 5.43 Å². The fourth-order valence-electron chi connectivity index (χ4n) is 1.13. The van der Waals surface area contributed by atoms with Gasteiger partial charge in [-0.15, -0.1) is 0 Å². The number of hydrogen-bond acceptors (Lipinski definition) is 3. The molecule has 0 fully saturated rings. The molecule has 0 spiro atoms. The molecule has 0 saturated heterocycles. The maximum absolute atomic E-state index is 4.14. The van der Waals surface area contributed by atoms with Crippen molar-refractivity contribution in [2.45, 2.75) is 13.0 Å². The number of fused-ring (bicyclic) bond motifs is 1. The molecular weight excluding hydrogens is 126 g/mol. The van der Waals surface area contributed by atoms with Crippen LogP contribution < -0.4 is 10.9 Å². The first-order chi connectivity index (χ1) is 4.88. The van der Waals surface area contributed by atoms with E-state index >= 15 is 0 Å². The van der Waals surface area contributed by atoms with Gasteiger partial charge in [0.25, 0.3) is 0 Å². The molecular formula is C7H9N3. The molecule has 0 radical (unpaired) electrons. The number of pyridine rings is 1. The molecule has 1 aromatic rings. The Labute approximate surface area is 59.4 Å². The standard InChI is InChI=1S/C7H9N3/c1-5-6-3-2-4-8-7(6)10-9-5/h2-5,9H,1H3,(H,8,10). The summed E-state index contributed by atoms with van der Waals surface area (Å²) in [6, 6.07) is 4.40. The van der Waals surface area contributed by atoms with E-state index in [1.54, 1.807) is 6.20 Å². The summed E-state index contributed by atoms with van der Waals surface area (Å²) in [7, 11) is 0. The first kappa shape index (κ1) is 5.68. The summed E-state index contributed by atoms with van der Waals surface area (Å²) in [5.41, 5.74) is 7.30. The number of aromatic nitrogens is 1.